The van der Waals surface area contributed by atoms with Crippen molar-refractivity contribution in [3.8, 4) is 0 Å². The van der Waals surface area contributed by atoms with Crippen molar-refractivity contribution < 1.29 is 0 Å². The Morgan fingerprint density at radius 3 is 2.88 bits per heavy atom. The maximum Gasteiger partial charge on any atom is 0.112 e. The molecule has 4 heteroatoms. The van der Waals surface area contributed by atoms with E-state index in [0.29, 0.717) is 0 Å². The fourth-order valence-corrected chi connectivity index (χ4v) is 3.11. The molecule has 1 saturated heterocycles. The van der Waals surface area contributed by atoms with Crippen LogP contribution in [0.15, 0.2) is 11.6 Å². The highest BCUT2D eigenvalue weighted by atomic mass is 32.1. The molecule has 1 aliphatic heterocycles. The van der Waals surface area contributed by atoms with Gasteiger partial charge in [-0.05, 0) is 58.7 Å². The van der Waals surface area contributed by atoms with Gasteiger partial charge in [-0.1, -0.05) is 0 Å². The molecule has 0 bridgehead atoms. The molecule has 1 fully saturated rings. The molecule has 0 unspecified atom stereocenters. The van der Waals surface area contributed by atoms with Crippen LogP contribution < -0.4 is 10.6 Å². The number of hydrogen-bond acceptors (Lipinski definition) is 4. The standard InChI is InChI=1S/C13H23N3S/c1-13(2,12-15-9-10-17-12)16-8-5-11-3-6-14-7-4-11/h9-11,14,16H,3-8H2,1-2H3. The molecular weight excluding hydrogens is 230 g/mol. The van der Waals surface area contributed by atoms with Gasteiger partial charge in [-0.3, -0.25) is 0 Å². The van der Waals surface area contributed by atoms with E-state index in [0.717, 1.165) is 12.5 Å². The van der Waals surface area contributed by atoms with Crippen LogP contribution in [0.5, 0.6) is 0 Å². The van der Waals surface area contributed by atoms with Crippen LogP contribution in [0.4, 0.5) is 0 Å². The Labute approximate surface area is 108 Å². The van der Waals surface area contributed by atoms with Crippen LogP contribution in [0.2, 0.25) is 0 Å². The zero-order chi connectivity index (χ0) is 12.1. The highest BCUT2D eigenvalue weighted by Crippen LogP contribution is 2.22. The molecule has 2 N–H and O–H groups in total. The summed E-state index contributed by atoms with van der Waals surface area (Å²) in [6.07, 6.45) is 5.84. The van der Waals surface area contributed by atoms with Gasteiger partial charge in [0.25, 0.3) is 0 Å². The zero-order valence-electron chi connectivity index (χ0n) is 10.8. The Kier molecular flexibility index (Phi) is 4.54. The van der Waals surface area contributed by atoms with E-state index >= 15 is 0 Å². The minimum atomic E-state index is 0.0150. The smallest absolute Gasteiger partial charge is 0.112 e. The van der Waals surface area contributed by atoms with Gasteiger partial charge >= 0.3 is 0 Å². The number of piperidine rings is 1. The molecule has 1 aromatic heterocycles. The third-order valence-electron chi connectivity index (χ3n) is 3.55. The Morgan fingerprint density at radius 2 is 2.24 bits per heavy atom. The van der Waals surface area contributed by atoms with Gasteiger partial charge in [-0.2, -0.15) is 0 Å². The molecule has 0 saturated carbocycles. The van der Waals surface area contributed by atoms with Crippen molar-refractivity contribution in [3.05, 3.63) is 16.6 Å². The summed E-state index contributed by atoms with van der Waals surface area (Å²) in [5.74, 6) is 0.899. The van der Waals surface area contributed by atoms with E-state index in [2.05, 4.69) is 29.5 Å². The molecule has 0 amide bonds. The van der Waals surface area contributed by atoms with Crippen molar-refractivity contribution in [1.29, 1.82) is 0 Å². The summed E-state index contributed by atoms with van der Waals surface area (Å²) in [5.41, 5.74) is 0.0150. The third kappa shape index (κ3) is 3.76. The molecule has 2 heterocycles. The van der Waals surface area contributed by atoms with E-state index < -0.39 is 0 Å². The largest absolute Gasteiger partial charge is 0.317 e. The van der Waals surface area contributed by atoms with Gasteiger partial charge in [0.05, 0.1) is 5.54 Å². The lowest BCUT2D eigenvalue weighted by molar-refractivity contribution is 0.320. The van der Waals surface area contributed by atoms with Crippen LogP contribution in [0.3, 0.4) is 0 Å². The first-order valence-electron chi connectivity index (χ1n) is 6.54. The second-order valence-electron chi connectivity index (χ2n) is 5.37. The van der Waals surface area contributed by atoms with Crippen LogP contribution >= 0.6 is 11.3 Å². The molecule has 0 spiro atoms. The van der Waals surface area contributed by atoms with Crippen molar-refractivity contribution in [2.24, 2.45) is 5.92 Å². The van der Waals surface area contributed by atoms with E-state index in [-0.39, 0.29) is 5.54 Å². The second-order valence-corrected chi connectivity index (χ2v) is 6.27. The minimum Gasteiger partial charge on any atom is -0.317 e. The molecule has 3 nitrogen and oxygen atoms in total. The van der Waals surface area contributed by atoms with Gasteiger partial charge in [0.15, 0.2) is 0 Å². The molecule has 0 radical (unpaired) electrons. The predicted molar refractivity (Wildman–Crippen MR) is 73.4 cm³/mol. The third-order valence-corrected chi connectivity index (χ3v) is 4.64. The first-order valence-corrected chi connectivity index (χ1v) is 7.42. The van der Waals surface area contributed by atoms with Gasteiger partial charge in [0.2, 0.25) is 0 Å². The Morgan fingerprint density at radius 1 is 1.47 bits per heavy atom. The van der Waals surface area contributed by atoms with Crippen LogP contribution in [0.1, 0.15) is 38.1 Å². The average molecular weight is 253 g/mol. The van der Waals surface area contributed by atoms with E-state index in [1.165, 1.54) is 37.4 Å². The van der Waals surface area contributed by atoms with Crippen molar-refractivity contribution in [3.63, 3.8) is 0 Å². The summed E-state index contributed by atoms with van der Waals surface area (Å²) in [6.45, 7) is 7.92. The Hall–Kier alpha value is -0.450. The highest BCUT2D eigenvalue weighted by Gasteiger charge is 2.22. The number of nitrogens with zero attached hydrogens (tertiary/aromatic N) is 1. The fraction of sp³-hybridized carbons (Fsp3) is 0.769. The highest BCUT2D eigenvalue weighted by molar-refractivity contribution is 7.09. The number of nitrogens with one attached hydrogen (secondary N) is 2. The Balaban J connectivity index is 1.74. The van der Waals surface area contributed by atoms with E-state index in [1.807, 2.05) is 11.6 Å². The maximum atomic E-state index is 4.40. The van der Waals surface area contributed by atoms with E-state index in [1.54, 1.807) is 11.3 Å². The van der Waals surface area contributed by atoms with Gasteiger partial charge in [-0.25, -0.2) is 4.98 Å². The molecule has 17 heavy (non-hydrogen) atoms. The topological polar surface area (TPSA) is 37.0 Å². The molecular formula is C13H23N3S. The van der Waals surface area contributed by atoms with Crippen molar-refractivity contribution >= 4 is 11.3 Å². The number of thiazole rings is 1. The Bertz CT molecular complexity index is 315. The molecule has 1 aliphatic rings. The normalized spacial score (nSPS) is 18.5. The summed E-state index contributed by atoms with van der Waals surface area (Å²) < 4.78 is 0. The summed E-state index contributed by atoms with van der Waals surface area (Å²) in [6, 6.07) is 0. The molecule has 0 atom stereocenters. The zero-order valence-corrected chi connectivity index (χ0v) is 11.6. The monoisotopic (exact) mass is 253 g/mol. The maximum absolute atomic E-state index is 4.40. The molecule has 0 aliphatic carbocycles. The van der Waals surface area contributed by atoms with Gasteiger partial charge in [0.1, 0.15) is 5.01 Å². The van der Waals surface area contributed by atoms with Crippen molar-refractivity contribution in [1.82, 2.24) is 15.6 Å². The van der Waals surface area contributed by atoms with Crippen LogP contribution in [-0.2, 0) is 5.54 Å². The molecule has 2 rings (SSSR count). The van der Waals surface area contributed by atoms with Gasteiger partial charge in [-0.15, -0.1) is 11.3 Å². The fourth-order valence-electron chi connectivity index (χ4n) is 2.37. The van der Waals surface area contributed by atoms with Crippen LogP contribution in [0, 0.1) is 5.92 Å². The second kappa shape index (κ2) is 5.94. The molecule has 1 aromatic rings. The lowest BCUT2D eigenvalue weighted by Crippen LogP contribution is -2.38. The van der Waals surface area contributed by atoms with Crippen LogP contribution in [0.25, 0.3) is 0 Å². The summed E-state index contributed by atoms with van der Waals surface area (Å²) >= 11 is 1.73. The summed E-state index contributed by atoms with van der Waals surface area (Å²) in [7, 11) is 0. The van der Waals surface area contributed by atoms with E-state index in [4.69, 9.17) is 0 Å². The number of hydrogen-bond donors (Lipinski definition) is 2. The summed E-state index contributed by atoms with van der Waals surface area (Å²) in [5, 5.41) is 10.3. The average Bonchev–Trinajstić information content (AvgIpc) is 2.84. The van der Waals surface area contributed by atoms with E-state index in [9.17, 15) is 0 Å². The van der Waals surface area contributed by atoms with Crippen molar-refractivity contribution in [2.45, 2.75) is 38.6 Å². The lowest BCUT2D eigenvalue weighted by Gasteiger charge is -2.27. The van der Waals surface area contributed by atoms with Gasteiger partial charge in [0, 0.05) is 11.6 Å². The SMILES string of the molecule is CC(C)(NCCC1CCNCC1)c1nccs1. The first-order chi connectivity index (χ1) is 8.18. The quantitative estimate of drug-likeness (QED) is 0.846. The number of rotatable bonds is 5. The lowest BCUT2D eigenvalue weighted by atomic mass is 9.94. The summed E-state index contributed by atoms with van der Waals surface area (Å²) in [4.78, 5) is 4.40. The predicted octanol–water partition coefficient (Wildman–Crippen LogP) is 2.36. The van der Waals surface area contributed by atoms with Crippen molar-refractivity contribution in [2.75, 3.05) is 19.6 Å². The molecule has 96 valence electrons. The molecule has 0 aromatic carbocycles. The van der Waals surface area contributed by atoms with Gasteiger partial charge < -0.3 is 10.6 Å². The first kappa shape index (κ1) is 13.0. The number of aromatic nitrogens is 1. The minimum absolute atomic E-state index is 0.0150. The van der Waals surface area contributed by atoms with Crippen LogP contribution in [-0.4, -0.2) is 24.6 Å².